The summed E-state index contributed by atoms with van der Waals surface area (Å²) >= 11 is 0. The molecule has 6 aromatic carbocycles. The van der Waals surface area contributed by atoms with Crippen molar-refractivity contribution in [1.29, 1.82) is 0 Å². The van der Waals surface area contributed by atoms with Crippen LogP contribution in [0.25, 0.3) is 77.1 Å². The summed E-state index contributed by atoms with van der Waals surface area (Å²) in [5, 5.41) is 5.49. The van der Waals surface area contributed by atoms with Gasteiger partial charge in [0.1, 0.15) is 0 Å². The largest absolute Gasteiger partial charge is 2.00 e. The Balaban J connectivity index is 0.00000314. The molecule has 0 aliphatic heterocycles. The summed E-state index contributed by atoms with van der Waals surface area (Å²) < 4.78 is 11.1. The fourth-order valence-corrected chi connectivity index (χ4v) is 7.00. The number of hydrogen-bond donors (Lipinski definition) is 0. The molecule has 0 fully saturated rings. The molecule has 0 atom stereocenters. The number of fused-ring (bicyclic) bond motifs is 12. The van der Waals surface area contributed by atoms with Crippen LogP contribution in [0.15, 0.2) is 146 Å². The predicted molar refractivity (Wildman–Crippen MR) is 189 cm³/mol. The second-order valence-electron chi connectivity index (χ2n) is 11.7. The van der Waals surface area contributed by atoms with Crippen molar-refractivity contribution in [3.05, 3.63) is 158 Å². The maximum atomic E-state index is 6.38. The van der Waals surface area contributed by atoms with Crippen LogP contribution in [-0.4, -0.2) is 18.9 Å². The summed E-state index contributed by atoms with van der Waals surface area (Å²) in [6.07, 6.45) is 1.78. The van der Waals surface area contributed by atoms with Crippen LogP contribution in [0.2, 0.25) is 0 Å². The number of nitrogens with zero attached hydrogens (tertiary/aromatic N) is 4. The van der Waals surface area contributed by atoms with Gasteiger partial charge in [-0.15, -0.1) is 29.8 Å². The van der Waals surface area contributed by atoms with Crippen LogP contribution >= 0.6 is 0 Å². The topological polar surface area (TPSA) is 44.4 Å². The average Bonchev–Trinajstić information content (AvgIpc) is 3.69. The second-order valence-corrected chi connectivity index (χ2v) is 11.7. The molecular formula is C42H24N4OPt. The molecule has 0 radical (unpaired) electrons. The van der Waals surface area contributed by atoms with Crippen LogP contribution in [0.3, 0.4) is 0 Å². The van der Waals surface area contributed by atoms with Gasteiger partial charge in [0.05, 0.1) is 27.7 Å². The molecular weight excluding hydrogens is 772 g/mol. The summed E-state index contributed by atoms with van der Waals surface area (Å²) in [5.74, 6) is 1.20. The third-order valence-corrected chi connectivity index (χ3v) is 8.97. The Morgan fingerprint density at radius 1 is 0.562 bits per heavy atom. The minimum absolute atomic E-state index is 0. The fourth-order valence-electron chi connectivity index (χ4n) is 7.00. The number of hydrogen-bond acceptors (Lipinski definition) is 3. The van der Waals surface area contributed by atoms with E-state index in [-0.39, 0.29) is 21.1 Å². The minimum Gasteiger partial charge on any atom is -0.497 e. The Bertz CT molecular complexity index is 2820. The second kappa shape index (κ2) is 11.2. The molecule has 48 heavy (non-hydrogen) atoms. The molecule has 0 aliphatic carbocycles. The maximum absolute atomic E-state index is 6.38. The van der Waals surface area contributed by atoms with E-state index >= 15 is 0 Å². The van der Waals surface area contributed by atoms with Crippen LogP contribution in [0.1, 0.15) is 0 Å². The van der Waals surface area contributed by atoms with E-state index in [2.05, 4.69) is 117 Å². The van der Waals surface area contributed by atoms with E-state index < -0.39 is 0 Å². The Labute approximate surface area is 289 Å². The smallest absolute Gasteiger partial charge is 0.497 e. The molecule has 0 bridgehead atoms. The molecule has 0 unspecified atom stereocenters. The van der Waals surface area contributed by atoms with E-state index in [1.54, 1.807) is 6.20 Å². The Morgan fingerprint density at radius 3 is 2.21 bits per heavy atom. The van der Waals surface area contributed by atoms with Crippen molar-refractivity contribution in [3.63, 3.8) is 0 Å². The van der Waals surface area contributed by atoms with E-state index in [1.807, 2.05) is 48.5 Å². The van der Waals surface area contributed by atoms with Gasteiger partial charge in [0.2, 0.25) is 0 Å². The van der Waals surface area contributed by atoms with Crippen molar-refractivity contribution in [3.8, 4) is 28.4 Å². The quantitative estimate of drug-likeness (QED) is 0.132. The zero-order chi connectivity index (χ0) is 30.9. The molecule has 4 aromatic heterocycles. The Morgan fingerprint density at radius 2 is 1.33 bits per heavy atom. The van der Waals surface area contributed by atoms with Crippen molar-refractivity contribution in [2.24, 2.45) is 0 Å². The number of para-hydroxylation sites is 4. The van der Waals surface area contributed by atoms with E-state index in [9.17, 15) is 0 Å². The zero-order valence-electron chi connectivity index (χ0n) is 25.4. The maximum Gasteiger partial charge on any atom is 2.00 e. The first-order chi connectivity index (χ1) is 23.3. The monoisotopic (exact) mass is 795 g/mol. The predicted octanol–water partition coefficient (Wildman–Crippen LogP) is 10.3. The molecule has 6 heteroatoms. The van der Waals surface area contributed by atoms with Gasteiger partial charge in [0.15, 0.2) is 0 Å². The molecule has 5 nitrogen and oxygen atoms in total. The zero-order valence-corrected chi connectivity index (χ0v) is 27.6. The summed E-state index contributed by atoms with van der Waals surface area (Å²) in [7, 11) is 0. The van der Waals surface area contributed by atoms with Crippen molar-refractivity contribution in [2.75, 3.05) is 0 Å². The van der Waals surface area contributed by atoms with Crippen molar-refractivity contribution in [2.45, 2.75) is 0 Å². The first-order valence-corrected chi connectivity index (χ1v) is 15.6. The molecule has 10 aromatic rings. The number of benzene rings is 6. The Kier molecular flexibility index (Phi) is 6.63. The normalized spacial score (nSPS) is 11.6. The molecule has 0 amide bonds. The molecule has 0 spiro atoms. The number of rotatable bonds is 4. The fraction of sp³-hybridized carbons (Fsp3) is 0. The number of imidazole rings is 1. The molecule has 10 rings (SSSR count). The van der Waals surface area contributed by atoms with Crippen LogP contribution in [0.4, 0.5) is 0 Å². The summed E-state index contributed by atoms with van der Waals surface area (Å²) in [6, 6.07) is 54.9. The number of pyridine rings is 2. The first kappa shape index (κ1) is 28.5. The first-order valence-electron chi connectivity index (χ1n) is 15.6. The summed E-state index contributed by atoms with van der Waals surface area (Å²) in [4.78, 5) is 9.67. The van der Waals surface area contributed by atoms with Gasteiger partial charge < -0.3 is 18.7 Å². The Hall–Kier alpha value is -5.77. The van der Waals surface area contributed by atoms with Gasteiger partial charge in [-0.05, 0) is 53.5 Å². The third kappa shape index (κ3) is 4.28. The van der Waals surface area contributed by atoms with Crippen molar-refractivity contribution >= 4 is 60.2 Å². The van der Waals surface area contributed by atoms with E-state index in [0.717, 1.165) is 60.8 Å². The molecule has 0 aliphatic rings. The van der Waals surface area contributed by atoms with Crippen LogP contribution in [0, 0.1) is 12.1 Å². The van der Waals surface area contributed by atoms with Crippen LogP contribution in [0.5, 0.6) is 11.5 Å². The van der Waals surface area contributed by atoms with E-state index in [0.29, 0.717) is 11.5 Å². The molecule has 0 saturated carbocycles. The van der Waals surface area contributed by atoms with Gasteiger partial charge in [0, 0.05) is 39.7 Å². The van der Waals surface area contributed by atoms with Gasteiger partial charge in [-0.1, -0.05) is 95.7 Å². The number of aromatic nitrogens is 4. The van der Waals surface area contributed by atoms with Gasteiger partial charge in [-0.2, -0.15) is 0 Å². The SMILES string of the molecule is [Pt+2].[c-]1c(Oc2[c-]c3c(cc2)c2ccc4c(c5ccccc5n4-c4ccccc4)c2n2c4ccccc4nc32)cccc1-c1ccccn1. The summed E-state index contributed by atoms with van der Waals surface area (Å²) in [6.45, 7) is 0. The van der Waals surface area contributed by atoms with Gasteiger partial charge >= 0.3 is 21.1 Å². The van der Waals surface area contributed by atoms with E-state index in [4.69, 9.17) is 9.72 Å². The van der Waals surface area contributed by atoms with Crippen LogP contribution in [-0.2, 0) is 21.1 Å². The van der Waals surface area contributed by atoms with Crippen molar-refractivity contribution < 1.29 is 25.8 Å². The molecule has 228 valence electrons. The standard InChI is InChI=1S/C42H24N4O.Pt/c1-2-12-28(13-3-1)45-37-18-6-4-15-33(37)40-39(45)23-22-32-31-21-20-30(47-29-14-10-11-27(25-29)35-16-8-9-24-43-35)26-34(31)42-44-36-17-5-7-19-38(36)46(42)41(32)40;/h1-24H;/q-2;+2. The van der Waals surface area contributed by atoms with E-state index in [1.165, 1.54) is 16.3 Å². The summed E-state index contributed by atoms with van der Waals surface area (Å²) in [5.41, 5.74) is 9.11. The third-order valence-electron chi connectivity index (χ3n) is 8.97. The number of ether oxygens (including phenoxy) is 1. The van der Waals surface area contributed by atoms with Gasteiger partial charge in [0.25, 0.3) is 0 Å². The minimum atomic E-state index is 0. The van der Waals surface area contributed by atoms with Gasteiger partial charge in [-0.3, -0.25) is 4.98 Å². The van der Waals surface area contributed by atoms with Crippen molar-refractivity contribution in [1.82, 2.24) is 18.9 Å². The van der Waals surface area contributed by atoms with Gasteiger partial charge in [-0.25, -0.2) is 0 Å². The molecule has 0 saturated heterocycles. The molecule has 4 heterocycles. The molecule has 0 N–H and O–H groups in total. The average molecular weight is 796 g/mol. The van der Waals surface area contributed by atoms with Crippen LogP contribution < -0.4 is 4.74 Å².